The van der Waals surface area contributed by atoms with Crippen LogP contribution in [0.15, 0.2) is 78.9 Å². The average molecular weight is 624 g/mol. The van der Waals surface area contributed by atoms with Crippen molar-refractivity contribution in [1.29, 1.82) is 0 Å². The molecule has 8 nitrogen and oxygen atoms in total. The van der Waals surface area contributed by atoms with Gasteiger partial charge in [-0.05, 0) is 54.7 Å². The summed E-state index contributed by atoms with van der Waals surface area (Å²) in [5, 5.41) is 3.22. The Morgan fingerprint density at radius 2 is 1.64 bits per heavy atom. The minimum absolute atomic E-state index is 0.0353. The minimum atomic E-state index is -3.81. The van der Waals surface area contributed by atoms with E-state index < -0.39 is 21.9 Å². The largest absolute Gasteiger partial charge is 0.497 e. The van der Waals surface area contributed by atoms with Gasteiger partial charge in [0.1, 0.15) is 17.6 Å². The number of methoxy groups -OCH3 is 1. The van der Waals surface area contributed by atoms with Gasteiger partial charge < -0.3 is 15.0 Å². The van der Waals surface area contributed by atoms with Gasteiger partial charge in [-0.2, -0.15) is 0 Å². The maximum absolute atomic E-state index is 14.5. The van der Waals surface area contributed by atoms with Gasteiger partial charge in [-0.25, -0.2) is 12.8 Å². The van der Waals surface area contributed by atoms with Crippen molar-refractivity contribution in [3.63, 3.8) is 0 Å². The molecule has 1 saturated carbocycles. The summed E-state index contributed by atoms with van der Waals surface area (Å²) in [6.07, 6.45) is 6.51. The highest BCUT2D eigenvalue weighted by atomic mass is 32.2. The molecule has 1 atom stereocenters. The van der Waals surface area contributed by atoms with Crippen LogP contribution in [-0.4, -0.2) is 57.1 Å². The topological polar surface area (TPSA) is 96.0 Å². The zero-order chi connectivity index (χ0) is 31.5. The number of hydrogen-bond acceptors (Lipinski definition) is 5. The first-order valence-electron chi connectivity index (χ1n) is 15.1. The van der Waals surface area contributed by atoms with Crippen LogP contribution in [0.5, 0.6) is 5.75 Å². The average Bonchev–Trinajstić information content (AvgIpc) is 3.02. The fourth-order valence-corrected chi connectivity index (χ4v) is 6.67. The zero-order valence-electron chi connectivity index (χ0n) is 25.5. The Balaban J connectivity index is 1.61. The lowest BCUT2D eigenvalue weighted by Crippen LogP contribution is -2.52. The fourth-order valence-electron chi connectivity index (χ4n) is 5.70. The Morgan fingerprint density at radius 1 is 0.955 bits per heavy atom. The zero-order valence-corrected chi connectivity index (χ0v) is 26.3. The normalized spacial score (nSPS) is 14.4. The molecule has 1 fully saturated rings. The van der Waals surface area contributed by atoms with E-state index in [1.165, 1.54) is 18.2 Å². The molecule has 10 heteroatoms. The number of rotatable bonds is 14. The molecule has 4 rings (SSSR count). The molecule has 3 aromatic carbocycles. The standard InChI is InChI=1S/C34H42FN3O5S/c1-43-29-18-11-15-27(23-29)25-37(33(39)21-12-22-38(44(2,41)42)31-20-10-9-19-30(31)35)32(24-26-13-5-3-6-14-26)34(40)36-28-16-7-4-8-17-28/h3,5-6,9-11,13-15,18-20,23,28,32H,4,7-8,12,16-17,21-22,24-25H2,1-2H3,(H,36,40)/t32-/m1/s1. The van der Waals surface area contributed by atoms with Crippen LogP contribution in [0.3, 0.4) is 0 Å². The molecule has 0 aromatic heterocycles. The van der Waals surface area contributed by atoms with Crippen molar-refractivity contribution in [2.24, 2.45) is 0 Å². The Bertz CT molecular complexity index is 1500. The number of anilines is 1. The number of carbonyl (C=O) groups is 2. The number of ether oxygens (including phenoxy) is 1. The van der Waals surface area contributed by atoms with Gasteiger partial charge in [0.05, 0.1) is 19.1 Å². The van der Waals surface area contributed by atoms with Gasteiger partial charge in [0, 0.05) is 32.0 Å². The molecule has 0 unspecified atom stereocenters. The predicted molar refractivity (Wildman–Crippen MR) is 170 cm³/mol. The number of benzene rings is 3. The second-order valence-electron chi connectivity index (χ2n) is 11.3. The van der Waals surface area contributed by atoms with Crippen molar-refractivity contribution in [1.82, 2.24) is 10.2 Å². The molecule has 0 aliphatic heterocycles. The number of nitrogens with one attached hydrogen (secondary N) is 1. The van der Waals surface area contributed by atoms with Gasteiger partial charge in [-0.15, -0.1) is 0 Å². The van der Waals surface area contributed by atoms with Crippen LogP contribution in [0, 0.1) is 5.82 Å². The number of para-hydroxylation sites is 1. The molecule has 3 aromatic rings. The van der Waals surface area contributed by atoms with E-state index in [0.717, 1.165) is 53.8 Å². The number of hydrogen-bond donors (Lipinski definition) is 1. The fraction of sp³-hybridized carbons (Fsp3) is 0.412. The number of halogens is 1. The summed E-state index contributed by atoms with van der Waals surface area (Å²) in [5.41, 5.74) is 1.65. The van der Waals surface area contributed by atoms with Crippen LogP contribution < -0.4 is 14.4 Å². The molecule has 2 amide bonds. The predicted octanol–water partition coefficient (Wildman–Crippen LogP) is 5.47. The van der Waals surface area contributed by atoms with Crippen LogP contribution in [0.2, 0.25) is 0 Å². The molecule has 1 N–H and O–H groups in total. The maximum Gasteiger partial charge on any atom is 0.243 e. The molecule has 1 aliphatic rings. The van der Waals surface area contributed by atoms with E-state index >= 15 is 0 Å². The van der Waals surface area contributed by atoms with Crippen LogP contribution in [0.25, 0.3) is 0 Å². The van der Waals surface area contributed by atoms with E-state index in [-0.39, 0.29) is 49.5 Å². The van der Waals surface area contributed by atoms with Crippen LogP contribution in [0.4, 0.5) is 10.1 Å². The summed E-state index contributed by atoms with van der Waals surface area (Å²) >= 11 is 0. The van der Waals surface area contributed by atoms with E-state index in [4.69, 9.17) is 4.74 Å². The van der Waals surface area contributed by atoms with Crippen molar-refractivity contribution in [3.05, 3.63) is 95.8 Å². The van der Waals surface area contributed by atoms with Crippen molar-refractivity contribution >= 4 is 27.5 Å². The second-order valence-corrected chi connectivity index (χ2v) is 13.2. The molecular formula is C34H42FN3O5S. The molecule has 0 heterocycles. The summed E-state index contributed by atoms with van der Waals surface area (Å²) in [6.45, 7) is 0.0743. The highest BCUT2D eigenvalue weighted by molar-refractivity contribution is 7.92. The van der Waals surface area contributed by atoms with E-state index in [0.29, 0.717) is 12.2 Å². The summed E-state index contributed by atoms with van der Waals surface area (Å²) < 4.78 is 46.1. The molecule has 1 aliphatic carbocycles. The van der Waals surface area contributed by atoms with Crippen LogP contribution in [-0.2, 0) is 32.6 Å². The first-order valence-corrected chi connectivity index (χ1v) is 17.0. The van der Waals surface area contributed by atoms with E-state index in [1.54, 1.807) is 18.1 Å². The molecular weight excluding hydrogens is 581 g/mol. The third-order valence-corrected chi connectivity index (χ3v) is 9.16. The third-order valence-electron chi connectivity index (χ3n) is 7.98. The monoisotopic (exact) mass is 623 g/mol. The SMILES string of the molecule is COc1cccc(CN(C(=O)CCCN(c2ccccc2F)S(C)(=O)=O)[C@H](Cc2ccccc2)C(=O)NC2CCCCC2)c1. The maximum atomic E-state index is 14.5. The highest BCUT2D eigenvalue weighted by Gasteiger charge is 2.32. The quantitative estimate of drug-likeness (QED) is 0.257. The molecule has 236 valence electrons. The van der Waals surface area contributed by atoms with Crippen molar-refractivity contribution in [2.45, 2.75) is 70.0 Å². The lowest BCUT2D eigenvalue weighted by Gasteiger charge is -2.34. The number of nitrogens with zero attached hydrogens (tertiary/aromatic N) is 2. The molecule has 0 spiro atoms. The molecule has 44 heavy (non-hydrogen) atoms. The lowest BCUT2D eigenvalue weighted by atomic mass is 9.94. The van der Waals surface area contributed by atoms with Crippen LogP contribution in [0.1, 0.15) is 56.1 Å². The van der Waals surface area contributed by atoms with Gasteiger partial charge in [0.15, 0.2) is 0 Å². The first-order chi connectivity index (χ1) is 21.2. The van der Waals surface area contributed by atoms with Gasteiger partial charge in [0.2, 0.25) is 21.8 Å². The van der Waals surface area contributed by atoms with Crippen LogP contribution >= 0.6 is 0 Å². The molecule has 0 saturated heterocycles. The van der Waals surface area contributed by atoms with Gasteiger partial charge >= 0.3 is 0 Å². The van der Waals surface area contributed by atoms with Gasteiger partial charge in [0.25, 0.3) is 0 Å². The number of sulfonamides is 1. The number of amides is 2. The smallest absolute Gasteiger partial charge is 0.243 e. The Kier molecular flexibility index (Phi) is 11.8. The van der Waals surface area contributed by atoms with Crippen molar-refractivity contribution < 1.29 is 27.1 Å². The summed E-state index contributed by atoms with van der Waals surface area (Å²) in [5.74, 6) is -0.531. The summed E-state index contributed by atoms with van der Waals surface area (Å²) in [4.78, 5) is 29.6. The second kappa shape index (κ2) is 15.7. The molecule has 0 bridgehead atoms. The summed E-state index contributed by atoms with van der Waals surface area (Å²) in [7, 11) is -2.24. The van der Waals surface area contributed by atoms with Gasteiger partial charge in [-0.1, -0.05) is 73.9 Å². The van der Waals surface area contributed by atoms with E-state index in [9.17, 15) is 22.4 Å². The van der Waals surface area contributed by atoms with Gasteiger partial charge in [-0.3, -0.25) is 13.9 Å². The highest BCUT2D eigenvalue weighted by Crippen LogP contribution is 2.24. The molecule has 0 radical (unpaired) electrons. The minimum Gasteiger partial charge on any atom is -0.497 e. The third kappa shape index (κ3) is 9.29. The Labute approximate surface area is 260 Å². The van der Waals surface area contributed by atoms with Crippen molar-refractivity contribution in [2.75, 3.05) is 24.2 Å². The summed E-state index contributed by atoms with van der Waals surface area (Å²) in [6, 6.07) is 21.9. The Hall–Kier alpha value is -3.92. The van der Waals surface area contributed by atoms with E-state index in [2.05, 4.69) is 5.32 Å². The first kappa shape index (κ1) is 33.0. The Morgan fingerprint density at radius 3 is 2.32 bits per heavy atom. The van der Waals surface area contributed by atoms with E-state index in [1.807, 2.05) is 54.6 Å². The number of carbonyl (C=O) groups excluding carboxylic acids is 2. The van der Waals surface area contributed by atoms with Crippen molar-refractivity contribution in [3.8, 4) is 5.75 Å². The lowest BCUT2D eigenvalue weighted by molar-refractivity contribution is -0.141.